The monoisotopic (exact) mass is 184 g/mol. The van der Waals surface area contributed by atoms with Gasteiger partial charge in [-0.25, -0.2) is 0 Å². The molecule has 0 saturated carbocycles. The van der Waals surface area contributed by atoms with Crippen LogP contribution in [0.3, 0.4) is 0 Å². The molecular formula is C10H20N2O. The molecule has 3 nitrogen and oxygen atoms in total. The highest BCUT2D eigenvalue weighted by Crippen LogP contribution is 2.00. The van der Waals surface area contributed by atoms with Crippen molar-refractivity contribution in [3.05, 3.63) is 12.2 Å². The molecule has 0 radical (unpaired) electrons. The van der Waals surface area contributed by atoms with E-state index in [0.29, 0.717) is 5.57 Å². The van der Waals surface area contributed by atoms with E-state index in [1.165, 1.54) is 0 Å². The molecule has 3 heteroatoms. The molecule has 0 fully saturated rings. The number of nitrogens with zero attached hydrogens (tertiary/aromatic N) is 1. The smallest absolute Gasteiger partial charge is 0.247 e. The number of carbonyl (C=O) groups excluding carboxylic acids is 1. The molecule has 76 valence electrons. The Morgan fingerprint density at radius 2 is 2.08 bits per heavy atom. The molecule has 1 N–H and O–H groups in total. The molecule has 0 aliphatic heterocycles. The van der Waals surface area contributed by atoms with E-state index in [1.807, 2.05) is 19.0 Å². The van der Waals surface area contributed by atoms with E-state index in [4.69, 9.17) is 0 Å². The van der Waals surface area contributed by atoms with Gasteiger partial charge in [-0.05, 0) is 27.4 Å². The van der Waals surface area contributed by atoms with Crippen LogP contribution in [0.2, 0.25) is 0 Å². The van der Waals surface area contributed by atoms with Gasteiger partial charge >= 0.3 is 0 Å². The molecule has 0 aromatic rings. The molecule has 0 aliphatic carbocycles. The van der Waals surface area contributed by atoms with Crippen LogP contribution in [-0.2, 0) is 4.79 Å². The molecule has 0 heterocycles. The van der Waals surface area contributed by atoms with Crippen LogP contribution in [0.25, 0.3) is 0 Å². The van der Waals surface area contributed by atoms with Crippen LogP contribution in [0.1, 0.15) is 26.7 Å². The highest BCUT2D eigenvalue weighted by atomic mass is 16.1. The van der Waals surface area contributed by atoms with Gasteiger partial charge in [-0.3, -0.25) is 9.69 Å². The largest absolute Gasteiger partial charge is 0.337 e. The Morgan fingerprint density at radius 1 is 1.54 bits per heavy atom. The van der Waals surface area contributed by atoms with Crippen molar-refractivity contribution in [2.24, 2.45) is 0 Å². The lowest BCUT2D eigenvalue weighted by molar-refractivity contribution is -0.119. The van der Waals surface area contributed by atoms with Gasteiger partial charge in [-0.1, -0.05) is 19.9 Å². The Kier molecular flexibility index (Phi) is 5.39. The summed E-state index contributed by atoms with van der Waals surface area (Å²) in [5.41, 5.74) is 0.558. The van der Waals surface area contributed by atoms with Gasteiger partial charge in [0.15, 0.2) is 0 Å². The highest BCUT2D eigenvalue weighted by molar-refractivity contribution is 5.92. The second-order valence-corrected chi connectivity index (χ2v) is 3.52. The molecule has 0 bridgehead atoms. The van der Waals surface area contributed by atoms with Crippen LogP contribution >= 0.6 is 0 Å². The third-order valence-corrected chi connectivity index (χ3v) is 1.87. The van der Waals surface area contributed by atoms with E-state index in [0.717, 1.165) is 12.8 Å². The molecule has 13 heavy (non-hydrogen) atoms. The first-order valence-corrected chi connectivity index (χ1v) is 4.61. The number of amides is 1. The highest BCUT2D eigenvalue weighted by Gasteiger charge is 2.12. The van der Waals surface area contributed by atoms with Crippen LogP contribution in [0.15, 0.2) is 12.2 Å². The molecule has 0 aliphatic rings. The van der Waals surface area contributed by atoms with Gasteiger partial charge in [0.1, 0.15) is 0 Å². The van der Waals surface area contributed by atoms with E-state index < -0.39 is 0 Å². The van der Waals surface area contributed by atoms with Crippen LogP contribution in [0.4, 0.5) is 0 Å². The first kappa shape index (κ1) is 12.2. The molecule has 1 atom stereocenters. The van der Waals surface area contributed by atoms with Crippen LogP contribution < -0.4 is 5.32 Å². The van der Waals surface area contributed by atoms with Gasteiger partial charge in [0, 0.05) is 5.57 Å². The minimum absolute atomic E-state index is 0.0628. The summed E-state index contributed by atoms with van der Waals surface area (Å²) in [4.78, 5) is 13.3. The Balaban J connectivity index is 4.09. The normalized spacial score (nSPS) is 12.7. The van der Waals surface area contributed by atoms with E-state index in [9.17, 15) is 4.79 Å². The van der Waals surface area contributed by atoms with E-state index >= 15 is 0 Å². The first-order valence-electron chi connectivity index (χ1n) is 4.61. The van der Waals surface area contributed by atoms with Crippen LogP contribution in [-0.4, -0.2) is 31.1 Å². The van der Waals surface area contributed by atoms with Crippen LogP contribution in [0.5, 0.6) is 0 Å². The summed E-state index contributed by atoms with van der Waals surface area (Å²) < 4.78 is 0. The average Bonchev–Trinajstić information content (AvgIpc) is 2.03. The van der Waals surface area contributed by atoms with Crippen molar-refractivity contribution in [2.75, 3.05) is 14.1 Å². The summed E-state index contributed by atoms with van der Waals surface area (Å²) in [5, 5.41) is 2.90. The summed E-state index contributed by atoms with van der Waals surface area (Å²) in [5.74, 6) is -0.0628. The van der Waals surface area contributed by atoms with Crippen LogP contribution in [0, 0.1) is 0 Å². The third kappa shape index (κ3) is 4.68. The molecule has 1 amide bonds. The van der Waals surface area contributed by atoms with Crippen molar-refractivity contribution in [3.63, 3.8) is 0 Å². The zero-order valence-electron chi connectivity index (χ0n) is 9.05. The third-order valence-electron chi connectivity index (χ3n) is 1.87. The van der Waals surface area contributed by atoms with Crippen molar-refractivity contribution in [2.45, 2.75) is 32.9 Å². The zero-order valence-corrected chi connectivity index (χ0v) is 9.05. The summed E-state index contributed by atoms with van der Waals surface area (Å²) in [6, 6.07) is 0. The fourth-order valence-electron chi connectivity index (χ4n) is 1.01. The number of carbonyl (C=O) groups is 1. The van der Waals surface area contributed by atoms with Gasteiger partial charge in [0.2, 0.25) is 5.91 Å². The average molecular weight is 184 g/mol. The SMILES string of the molecule is C=C(C)C(=O)NC(CCC)N(C)C. The van der Waals surface area contributed by atoms with Crippen molar-refractivity contribution in [3.8, 4) is 0 Å². The fourth-order valence-corrected chi connectivity index (χ4v) is 1.01. The number of rotatable bonds is 5. The second-order valence-electron chi connectivity index (χ2n) is 3.52. The topological polar surface area (TPSA) is 32.3 Å². The number of nitrogens with one attached hydrogen (secondary N) is 1. The van der Waals surface area contributed by atoms with Crippen molar-refractivity contribution in [1.82, 2.24) is 10.2 Å². The number of hydrogen-bond acceptors (Lipinski definition) is 2. The maximum Gasteiger partial charge on any atom is 0.247 e. The van der Waals surface area contributed by atoms with Gasteiger partial charge < -0.3 is 5.32 Å². The summed E-state index contributed by atoms with van der Waals surface area (Å²) >= 11 is 0. The Bertz CT molecular complexity index is 187. The summed E-state index contributed by atoms with van der Waals surface area (Å²) in [7, 11) is 3.91. The van der Waals surface area contributed by atoms with Crippen molar-refractivity contribution >= 4 is 5.91 Å². The van der Waals surface area contributed by atoms with Crippen molar-refractivity contribution in [1.29, 1.82) is 0 Å². The minimum Gasteiger partial charge on any atom is -0.337 e. The Labute approximate surface area is 80.8 Å². The van der Waals surface area contributed by atoms with E-state index in [2.05, 4.69) is 18.8 Å². The fraction of sp³-hybridized carbons (Fsp3) is 0.700. The molecular weight excluding hydrogens is 164 g/mol. The summed E-state index contributed by atoms with van der Waals surface area (Å²) in [6.07, 6.45) is 2.14. The Morgan fingerprint density at radius 3 is 2.38 bits per heavy atom. The predicted molar refractivity (Wildman–Crippen MR) is 55.3 cm³/mol. The molecule has 0 saturated heterocycles. The quantitative estimate of drug-likeness (QED) is 0.517. The molecule has 0 aromatic heterocycles. The van der Waals surface area contributed by atoms with E-state index in [-0.39, 0.29) is 12.1 Å². The maximum absolute atomic E-state index is 11.3. The predicted octanol–water partition coefficient (Wildman–Crippen LogP) is 1.37. The lowest BCUT2D eigenvalue weighted by Crippen LogP contribution is -2.44. The molecule has 0 rings (SSSR count). The first-order chi connectivity index (χ1) is 5.99. The molecule has 0 spiro atoms. The van der Waals surface area contributed by atoms with Crippen molar-refractivity contribution < 1.29 is 4.79 Å². The lowest BCUT2D eigenvalue weighted by atomic mass is 10.2. The second kappa shape index (κ2) is 5.75. The molecule has 0 aromatic carbocycles. The lowest BCUT2D eigenvalue weighted by Gasteiger charge is -2.24. The van der Waals surface area contributed by atoms with Gasteiger partial charge in [-0.15, -0.1) is 0 Å². The zero-order chi connectivity index (χ0) is 10.4. The van der Waals surface area contributed by atoms with Gasteiger partial charge in [0.05, 0.1) is 6.17 Å². The Hall–Kier alpha value is -0.830. The van der Waals surface area contributed by atoms with Gasteiger partial charge in [-0.2, -0.15) is 0 Å². The molecule has 1 unspecified atom stereocenters. The standard InChI is InChI=1S/C10H20N2O/c1-6-7-9(12(4)5)11-10(13)8(2)3/h9H,2,6-7H2,1,3-5H3,(H,11,13). The maximum atomic E-state index is 11.3. The van der Waals surface area contributed by atoms with E-state index in [1.54, 1.807) is 6.92 Å². The minimum atomic E-state index is -0.0628. The van der Waals surface area contributed by atoms with Gasteiger partial charge in [0.25, 0.3) is 0 Å². The summed E-state index contributed by atoms with van der Waals surface area (Å²) in [6.45, 7) is 7.41. The number of hydrogen-bond donors (Lipinski definition) is 1.